The smallest absolute Gasteiger partial charge is 0.231 e. The number of nitrogens with zero attached hydrogens (tertiary/aromatic N) is 5. The number of fused-ring (bicyclic) bond motifs is 2. The summed E-state index contributed by atoms with van der Waals surface area (Å²) in [6.45, 7) is 0.257. The Hall–Kier alpha value is -3.33. The molecule has 0 unspecified atom stereocenters. The number of imidazole rings is 1. The van der Waals surface area contributed by atoms with Crippen LogP contribution in [0.4, 0.5) is 10.8 Å². The molecule has 0 saturated heterocycles. The maximum absolute atomic E-state index is 5.46. The third kappa shape index (κ3) is 2.63. The van der Waals surface area contributed by atoms with Gasteiger partial charge >= 0.3 is 0 Å². The van der Waals surface area contributed by atoms with E-state index in [9.17, 15) is 0 Å². The molecule has 27 heavy (non-hydrogen) atoms. The molecule has 136 valence electrons. The second kappa shape index (κ2) is 6.13. The lowest BCUT2D eigenvalue weighted by Crippen LogP contribution is -2.09. The fraction of sp³-hybridized carbons (Fsp3) is 0.167. The van der Waals surface area contributed by atoms with Gasteiger partial charge in [0.15, 0.2) is 11.5 Å². The van der Waals surface area contributed by atoms with Gasteiger partial charge in [0.1, 0.15) is 0 Å². The van der Waals surface area contributed by atoms with Crippen molar-refractivity contribution in [3.63, 3.8) is 0 Å². The average molecular weight is 381 g/mol. The fourth-order valence-corrected chi connectivity index (χ4v) is 3.73. The largest absolute Gasteiger partial charge is 0.481 e. The molecule has 5 rings (SSSR count). The third-order valence-corrected chi connectivity index (χ3v) is 5.35. The van der Waals surface area contributed by atoms with Crippen LogP contribution < -0.4 is 19.1 Å². The van der Waals surface area contributed by atoms with E-state index >= 15 is 0 Å². The topological polar surface area (TPSA) is 74.0 Å². The summed E-state index contributed by atoms with van der Waals surface area (Å²) >= 11 is 1.51. The first-order valence-corrected chi connectivity index (χ1v) is 9.03. The van der Waals surface area contributed by atoms with Crippen molar-refractivity contribution in [3.8, 4) is 28.6 Å². The fourth-order valence-electron chi connectivity index (χ4n) is 2.87. The molecule has 1 aliphatic rings. The van der Waals surface area contributed by atoms with Crippen LogP contribution in [0.2, 0.25) is 0 Å². The molecule has 4 aromatic rings. The molecule has 0 spiro atoms. The highest BCUT2D eigenvalue weighted by atomic mass is 32.1. The maximum atomic E-state index is 5.46. The first-order chi connectivity index (χ1) is 13.2. The molecule has 0 atom stereocenters. The van der Waals surface area contributed by atoms with Crippen LogP contribution >= 0.6 is 11.3 Å². The van der Waals surface area contributed by atoms with E-state index in [-0.39, 0.29) is 6.79 Å². The number of aromatic nitrogens is 4. The number of pyridine rings is 1. The Morgan fingerprint density at radius 3 is 2.81 bits per heavy atom. The quantitative estimate of drug-likeness (QED) is 0.537. The van der Waals surface area contributed by atoms with Gasteiger partial charge in [0.25, 0.3) is 0 Å². The Bertz CT molecular complexity index is 1120. The van der Waals surface area contributed by atoms with E-state index in [4.69, 9.17) is 19.3 Å². The van der Waals surface area contributed by atoms with Crippen molar-refractivity contribution >= 4 is 27.1 Å². The van der Waals surface area contributed by atoms with Crippen molar-refractivity contribution in [1.82, 2.24) is 19.6 Å². The summed E-state index contributed by atoms with van der Waals surface area (Å²) in [6, 6.07) is 9.59. The summed E-state index contributed by atoms with van der Waals surface area (Å²) in [5.41, 5.74) is 2.76. The van der Waals surface area contributed by atoms with E-state index in [0.717, 1.165) is 38.5 Å². The van der Waals surface area contributed by atoms with Crippen LogP contribution in [0.1, 0.15) is 0 Å². The standard InChI is InChI=1S/C18H15N5O3S/c1-22(12-4-5-14-15(7-12)26-10-25-14)18-21-23-13(9-20-17(23)27-18)11-3-6-16(24-2)19-8-11/h3-9H,10H2,1-2H3. The summed E-state index contributed by atoms with van der Waals surface area (Å²) in [5, 5.41) is 5.55. The minimum Gasteiger partial charge on any atom is -0.481 e. The number of methoxy groups -OCH3 is 1. The molecule has 3 aromatic heterocycles. The van der Waals surface area contributed by atoms with Crippen molar-refractivity contribution in [2.75, 3.05) is 25.9 Å². The number of anilines is 2. The Kier molecular flexibility index (Phi) is 3.61. The van der Waals surface area contributed by atoms with Gasteiger partial charge in [-0.25, -0.2) is 14.5 Å². The molecule has 1 aromatic carbocycles. The van der Waals surface area contributed by atoms with Crippen LogP contribution in [-0.4, -0.2) is 40.5 Å². The van der Waals surface area contributed by atoms with E-state index in [0.29, 0.717) is 5.88 Å². The molecular formula is C18H15N5O3S. The molecule has 0 aliphatic carbocycles. The van der Waals surface area contributed by atoms with Gasteiger partial charge in [0, 0.05) is 36.6 Å². The van der Waals surface area contributed by atoms with Crippen molar-refractivity contribution in [2.45, 2.75) is 0 Å². The number of benzene rings is 1. The van der Waals surface area contributed by atoms with Gasteiger partial charge in [0.2, 0.25) is 22.8 Å². The highest BCUT2D eigenvalue weighted by molar-refractivity contribution is 7.20. The highest BCUT2D eigenvalue weighted by Gasteiger charge is 2.18. The number of hydrogen-bond donors (Lipinski definition) is 0. The predicted octanol–water partition coefficient (Wildman–Crippen LogP) is 3.36. The molecule has 8 nitrogen and oxygen atoms in total. The van der Waals surface area contributed by atoms with Crippen molar-refractivity contribution < 1.29 is 14.2 Å². The second-order valence-electron chi connectivity index (χ2n) is 5.91. The molecule has 0 amide bonds. The molecule has 0 saturated carbocycles. The molecule has 0 N–H and O–H groups in total. The number of rotatable bonds is 4. The highest BCUT2D eigenvalue weighted by Crippen LogP contribution is 2.38. The molecular weight excluding hydrogens is 366 g/mol. The van der Waals surface area contributed by atoms with Gasteiger partial charge in [-0.15, -0.1) is 5.10 Å². The zero-order valence-electron chi connectivity index (χ0n) is 14.6. The summed E-state index contributed by atoms with van der Waals surface area (Å²) in [6.07, 6.45) is 3.55. The van der Waals surface area contributed by atoms with Gasteiger partial charge in [0.05, 0.1) is 19.0 Å². The summed E-state index contributed by atoms with van der Waals surface area (Å²) in [4.78, 5) is 11.5. The predicted molar refractivity (Wildman–Crippen MR) is 101 cm³/mol. The van der Waals surface area contributed by atoms with Crippen molar-refractivity contribution in [2.24, 2.45) is 0 Å². The molecule has 0 bridgehead atoms. The Labute approximate surface area is 158 Å². The van der Waals surface area contributed by atoms with E-state index in [1.54, 1.807) is 19.5 Å². The molecule has 0 fully saturated rings. The van der Waals surface area contributed by atoms with E-state index in [1.165, 1.54) is 11.3 Å². The minimum atomic E-state index is 0.257. The van der Waals surface area contributed by atoms with Crippen LogP contribution in [0, 0.1) is 0 Å². The molecule has 1 aliphatic heterocycles. The zero-order valence-corrected chi connectivity index (χ0v) is 15.4. The summed E-state index contributed by atoms with van der Waals surface area (Å²) in [5.74, 6) is 2.07. The molecule has 0 radical (unpaired) electrons. The normalized spacial score (nSPS) is 12.5. The van der Waals surface area contributed by atoms with E-state index < -0.39 is 0 Å². The first-order valence-electron chi connectivity index (χ1n) is 8.21. The lowest BCUT2D eigenvalue weighted by molar-refractivity contribution is 0.174. The third-order valence-electron chi connectivity index (χ3n) is 4.35. The Morgan fingerprint density at radius 1 is 1.11 bits per heavy atom. The average Bonchev–Trinajstić information content (AvgIpc) is 3.42. The Balaban J connectivity index is 1.50. The van der Waals surface area contributed by atoms with Gasteiger partial charge in [-0.3, -0.25) is 0 Å². The van der Waals surface area contributed by atoms with E-state index in [1.807, 2.05) is 46.8 Å². The monoisotopic (exact) mass is 381 g/mol. The minimum absolute atomic E-state index is 0.257. The van der Waals surface area contributed by atoms with Crippen LogP contribution in [0.15, 0.2) is 42.7 Å². The van der Waals surface area contributed by atoms with Crippen LogP contribution in [0.3, 0.4) is 0 Å². The lowest BCUT2D eigenvalue weighted by Gasteiger charge is -2.15. The van der Waals surface area contributed by atoms with Crippen molar-refractivity contribution in [1.29, 1.82) is 0 Å². The SMILES string of the molecule is COc1ccc(-c2cnc3sc(N(C)c4ccc5c(c4)OCO5)nn23)cn1. The second-order valence-corrected chi connectivity index (χ2v) is 6.84. The van der Waals surface area contributed by atoms with Gasteiger partial charge in [-0.1, -0.05) is 11.3 Å². The summed E-state index contributed by atoms with van der Waals surface area (Å²) in [7, 11) is 3.56. The number of hydrogen-bond acceptors (Lipinski definition) is 8. The van der Waals surface area contributed by atoms with Crippen LogP contribution in [0.5, 0.6) is 17.4 Å². The maximum Gasteiger partial charge on any atom is 0.231 e. The van der Waals surface area contributed by atoms with Crippen molar-refractivity contribution in [3.05, 3.63) is 42.7 Å². The summed E-state index contributed by atoms with van der Waals surface area (Å²) < 4.78 is 17.8. The molecule has 4 heterocycles. The van der Waals surface area contributed by atoms with Crippen LogP contribution in [-0.2, 0) is 0 Å². The molecule has 9 heteroatoms. The number of ether oxygens (including phenoxy) is 3. The van der Waals surface area contributed by atoms with Gasteiger partial charge in [-0.2, -0.15) is 0 Å². The van der Waals surface area contributed by atoms with Crippen LogP contribution in [0.25, 0.3) is 16.2 Å². The van der Waals surface area contributed by atoms with Gasteiger partial charge < -0.3 is 19.1 Å². The van der Waals surface area contributed by atoms with E-state index in [2.05, 4.69) is 9.97 Å². The lowest BCUT2D eigenvalue weighted by atomic mass is 10.2. The van der Waals surface area contributed by atoms with Gasteiger partial charge in [-0.05, 0) is 18.2 Å². The Morgan fingerprint density at radius 2 is 2.00 bits per heavy atom. The zero-order chi connectivity index (χ0) is 18.4. The first kappa shape index (κ1) is 15.9.